The largest absolute Gasteiger partial charge is 0.465 e. The number of hydrogen-bond acceptors (Lipinski definition) is 5. The van der Waals surface area contributed by atoms with Crippen molar-refractivity contribution in [3.8, 4) is 0 Å². The van der Waals surface area contributed by atoms with Crippen LogP contribution in [-0.4, -0.2) is 29.0 Å². The summed E-state index contributed by atoms with van der Waals surface area (Å²) in [7, 11) is 1.33. The zero-order valence-electron chi connectivity index (χ0n) is 18.8. The highest BCUT2D eigenvalue weighted by molar-refractivity contribution is 6.42. The van der Waals surface area contributed by atoms with Gasteiger partial charge in [-0.2, -0.15) is 0 Å². The zero-order valence-corrected chi connectivity index (χ0v) is 20.3. The molecule has 0 saturated heterocycles. The Labute approximate surface area is 201 Å². The average molecular weight is 484 g/mol. The molecule has 0 spiro atoms. The van der Waals surface area contributed by atoms with Gasteiger partial charge in [0.05, 0.1) is 50.6 Å². The number of benzene rings is 2. The molecular weight excluding hydrogens is 461 g/mol. The summed E-state index contributed by atoms with van der Waals surface area (Å²) < 4.78 is 4.75. The number of rotatable bonds is 3. The van der Waals surface area contributed by atoms with E-state index in [2.05, 4.69) is 26.1 Å². The molecule has 1 N–H and O–H groups in total. The van der Waals surface area contributed by atoms with Crippen molar-refractivity contribution in [1.29, 1.82) is 0 Å². The molecule has 6 nitrogen and oxygen atoms in total. The van der Waals surface area contributed by atoms with E-state index in [1.54, 1.807) is 36.4 Å². The lowest BCUT2D eigenvalue weighted by molar-refractivity contribution is -0.125. The number of carbonyl (C=O) groups excluding carboxylic acids is 2. The molecule has 1 saturated carbocycles. The lowest BCUT2D eigenvalue weighted by atomic mass is 9.63. The molecule has 2 aliphatic carbocycles. The van der Waals surface area contributed by atoms with Gasteiger partial charge in [0.1, 0.15) is 0 Å². The van der Waals surface area contributed by atoms with Crippen LogP contribution in [0.1, 0.15) is 55.4 Å². The van der Waals surface area contributed by atoms with Gasteiger partial charge in [-0.1, -0.05) is 44.0 Å². The maximum atomic E-state index is 13.9. The van der Waals surface area contributed by atoms with E-state index < -0.39 is 16.8 Å². The Bertz CT molecular complexity index is 1340. The maximum Gasteiger partial charge on any atom is 0.337 e. The van der Waals surface area contributed by atoms with Gasteiger partial charge in [-0.15, -0.1) is 0 Å². The molecule has 2 aromatic carbocycles. The fourth-order valence-electron chi connectivity index (χ4n) is 5.65. The van der Waals surface area contributed by atoms with Gasteiger partial charge in [-0.25, -0.2) is 14.8 Å². The third-order valence-electron chi connectivity index (χ3n) is 8.03. The van der Waals surface area contributed by atoms with Crippen LogP contribution in [0.3, 0.4) is 0 Å². The van der Waals surface area contributed by atoms with Crippen molar-refractivity contribution in [1.82, 2.24) is 9.97 Å². The normalized spacial score (nSPS) is 24.5. The molecule has 2 bridgehead atoms. The smallest absolute Gasteiger partial charge is 0.337 e. The lowest BCUT2D eigenvalue weighted by Crippen LogP contribution is -2.48. The molecule has 2 unspecified atom stereocenters. The minimum atomic E-state index is -0.856. The predicted molar refractivity (Wildman–Crippen MR) is 128 cm³/mol. The van der Waals surface area contributed by atoms with Gasteiger partial charge in [0.25, 0.3) is 0 Å². The summed E-state index contributed by atoms with van der Waals surface area (Å²) in [6, 6.07) is 10.1. The molecular formula is C25H23Cl2N3O3. The number of amides is 1. The van der Waals surface area contributed by atoms with Crippen molar-refractivity contribution in [3.63, 3.8) is 0 Å². The number of carbonyl (C=O) groups is 2. The van der Waals surface area contributed by atoms with E-state index >= 15 is 0 Å². The van der Waals surface area contributed by atoms with Crippen molar-refractivity contribution >= 4 is 51.8 Å². The minimum Gasteiger partial charge on any atom is -0.465 e. The number of aromatic nitrogens is 2. The van der Waals surface area contributed by atoms with Gasteiger partial charge in [0, 0.05) is 11.1 Å². The van der Waals surface area contributed by atoms with Gasteiger partial charge >= 0.3 is 5.97 Å². The van der Waals surface area contributed by atoms with E-state index in [-0.39, 0.29) is 11.3 Å². The van der Waals surface area contributed by atoms with Crippen LogP contribution in [0.15, 0.2) is 36.4 Å². The fourth-order valence-corrected chi connectivity index (χ4v) is 5.96. The molecule has 1 aromatic heterocycles. The average Bonchev–Trinajstić information content (AvgIpc) is 3.08. The molecule has 3 aromatic rings. The van der Waals surface area contributed by atoms with Gasteiger partial charge in [0.2, 0.25) is 5.91 Å². The molecule has 33 heavy (non-hydrogen) atoms. The quantitative estimate of drug-likeness (QED) is 0.483. The van der Waals surface area contributed by atoms with E-state index in [1.165, 1.54) is 7.11 Å². The Hall–Kier alpha value is -2.70. The van der Waals surface area contributed by atoms with Crippen LogP contribution in [0.2, 0.25) is 10.0 Å². The molecule has 1 heterocycles. The van der Waals surface area contributed by atoms with Gasteiger partial charge in [-0.3, -0.25) is 4.79 Å². The van der Waals surface area contributed by atoms with Crippen molar-refractivity contribution in [2.24, 2.45) is 5.41 Å². The number of ether oxygens (including phenoxy) is 1. The fraction of sp³-hybridized carbons (Fsp3) is 0.360. The molecule has 1 amide bonds. The summed E-state index contributed by atoms with van der Waals surface area (Å²) in [6.07, 6.45) is 1.49. The van der Waals surface area contributed by atoms with Gasteiger partial charge < -0.3 is 10.1 Å². The molecule has 2 atom stereocenters. The number of methoxy groups -OCH3 is 1. The van der Waals surface area contributed by atoms with Crippen molar-refractivity contribution in [3.05, 3.63) is 63.4 Å². The van der Waals surface area contributed by atoms with Crippen molar-refractivity contribution in [2.75, 3.05) is 12.4 Å². The third-order valence-corrected chi connectivity index (χ3v) is 8.75. The SMILES string of the molecule is COC(=O)c1ccc(NC(=O)C23CCC(C)(c4nc5cc(Cl)c(Cl)cc5nc42)C3(C)C)cc1. The van der Waals surface area contributed by atoms with E-state index in [0.717, 1.165) is 12.1 Å². The Morgan fingerprint density at radius 1 is 0.939 bits per heavy atom. The van der Waals surface area contributed by atoms with Crippen LogP contribution in [0.25, 0.3) is 11.0 Å². The summed E-state index contributed by atoms with van der Waals surface area (Å²) >= 11 is 12.5. The Morgan fingerprint density at radius 3 is 2.09 bits per heavy atom. The van der Waals surface area contributed by atoms with E-state index in [0.29, 0.717) is 44.4 Å². The molecule has 0 radical (unpaired) electrons. The summed E-state index contributed by atoms with van der Waals surface area (Å²) in [5.74, 6) is -0.556. The standard InChI is InChI=1S/C25H23Cl2N3O3/c1-23(2)24(3)9-10-25(23,22(32)28-14-7-5-13(6-8-14)21(31)33-4)20-19(24)29-17-11-15(26)16(27)12-18(17)30-20/h5-8,11-12H,9-10H2,1-4H3,(H,28,32). The monoisotopic (exact) mass is 483 g/mol. The minimum absolute atomic E-state index is 0.130. The van der Waals surface area contributed by atoms with Crippen molar-refractivity contribution in [2.45, 2.75) is 44.4 Å². The number of hydrogen-bond donors (Lipinski definition) is 1. The second kappa shape index (κ2) is 7.15. The first-order valence-corrected chi connectivity index (χ1v) is 11.5. The number of nitrogens with one attached hydrogen (secondary N) is 1. The van der Waals surface area contributed by atoms with E-state index in [4.69, 9.17) is 37.9 Å². The molecule has 170 valence electrons. The summed E-state index contributed by atoms with van der Waals surface area (Å²) in [6.45, 7) is 6.40. The lowest BCUT2D eigenvalue weighted by Gasteiger charge is -2.39. The number of halogens is 2. The number of anilines is 1. The molecule has 1 fully saturated rings. The van der Waals surface area contributed by atoms with Gasteiger partial charge in [0.15, 0.2) is 0 Å². The van der Waals surface area contributed by atoms with Crippen LogP contribution in [0.4, 0.5) is 5.69 Å². The Kier molecular flexibility index (Phi) is 4.79. The Balaban J connectivity index is 1.61. The maximum absolute atomic E-state index is 13.9. The first kappa shape index (κ1) is 22.1. The molecule has 2 aliphatic rings. The first-order chi connectivity index (χ1) is 15.5. The second-order valence-electron chi connectivity index (χ2n) is 9.56. The number of fused-ring (bicyclic) bond motifs is 6. The predicted octanol–water partition coefficient (Wildman–Crippen LogP) is 5.69. The molecule has 8 heteroatoms. The highest BCUT2D eigenvalue weighted by Crippen LogP contribution is 2.70. The number of esters is 1. The molecule has 5 rings (SSSR count). The zero-order chi connectivity index (χ0) is 23.8. The van der Waals surface area contributed by atoms with E-state index in [9.17, 15) is 9.59 Å². The van der Waals surface area contributed by atoms with Crippen LogP contribution in [-0.2, 0) is 20.4 Å². The van der Waals surface area contributed by atoms with Gasteiger partial charge in [-0.05, 0) is 54.7 Å². The highest BCUT2D eigenvalue weighted by atomic mass is 35.5. The van der Waals surface area contributed by atoms with Crippen LogP contribution in [0, 0.1) is 5.41 Å². The molecule has 0 aliphatic heterocycles. The highest BCUT2D eigenvalue weighted by Gasteiger charge is 2.73. The van der Waals surface area contributed by atoms with Crippen LogP contribution in [0.5, 0.6) is 0 Å². The summed E-state index contributed by atoms with van der Waals surface area (Å²) in [5.41, 5.74) is 2.25. The Morgan fingerprint density at radius 2 is 1.52 bits per heavy atom. The first-order valence-electron chi connectivity index (χ1n) is 10.7. The topological polar surface area (TPSA) is 81.2 Å². The van der Waals surface area contributed by atoms with Crippen LogP contribution < -0.4 is 5.32 Å². The summed E-state index contributed by atoms with van der Waals surface area (Å²) in [5, 5.41) is 3.89. The third kappa shape index (κ3) is 2.80. The van der Waals surface area contributed by atoms with E-state index in [1.807, 2.05) is 0 Å². The van der Waals surface area contributed by atoms with Crippen molar-refractivity contribution < 1.29 is 14.3 Å². The second-order valence-corrected chi connectivity index (χ2v) is 10.4. The summed E-state index contributed by atoms with van der Waals surface area (Å²) in [4.78, 5) is 35.5. The number of nitrogens with zero attached hydrogens (tertiary/aromatic N) is 2. The van der Waals surface area contributed by atoms with Crippen LogP contribution >= 0.6 is 23.2 Å².